The van der Waals surface area contributed by atoms with Gasteiger partial charge in [0.2, 0.25) is 0 Å². The first-order valence-corrected chi connectivity index (χ1v) is 6.38. The number of para-hydroxylation sites is 2. The summed E-state index contributed by atoms with van der Waals surface area (Å²) in [5.74, 6) is -0.783. The zero-order valence-electron chi connectivity index (χ0n) is 11.3. The van der Waals surface area contributed by atoms with Gasteiger partial charge in [0.15, 0.2) is 0 Å². The number of carboxylic acid groups (broad SMARTS) is 1. The Balaban J connectivity index is 2.04. The quantitative estimate of drug-likeness (QED) is 0.795. The lowest BCUT2D eigenvalue weighted by Crippen LogP contribution is -2.03. The molecule has 0 bridgehead atoms. The fourth-order valence-electron chi connectivity index (χ4n) is 2.05. The average Bonchev–Trinajstić information content (AvgIpc) is 2.49. The van der Waals surface area contributed by atoms with E-state index in [4.69, 9.17) is 4.74 Å². The van der Waals surface area contributed by atoms with Crippen molar-refractivity contribution in [3.8, 4) is 11.8 Å². The van der Waals surface area contributed by atoms with Crippen LogP contribution < -0.4 is 4.74 Å². The van der Waals surface area contributed by atoms with Crippen LogP contribution in [0.2, 0.25) is 0 Å². The van der Waals surface area contributed by atoms with Crippen molar-refractivity contribution in [1.82, 2.24) is 9.97 Å². The molecule has 0 aliphatic rings. The van der Waals surface area contributed by atoms with Crippen molar-refractivity contribution in [3.63, 3.8) is 0 Å². The molecular formula is C16H12N2O3. The topological polar surface area (TPSA) is 72.3 Å². The molecular weight excluding hydrogens is 268 g/mol. The van der Waals surface area contributed by atoms with E-state index in [-0.39, 0.29) is 17.3 Å². The van der Waals surface area contributed by atoms with Gasteiger partial charge in [-0.25, -0.2) is 9.78 Å². The zero-order valence-corrected chi connectivity index (χ0v) is 11.3. The molecule has 0 aliphatic heterocycles. The third kappa shape index (κ3) is 2.53. The Morgan fingerprint density at radius 1 is 1.14 bits per heavy atom. The van der Waals surface area contributed by atoms with E-state index in [0.717, 1.165) is 10.9 Å². The highest BCUT2D eigenvalue weighted by Gasteiger charge is 2.15. The summed E-state index contributed by atoms with van der Waals surface area (Å²) >= 11 is 0. The molecule has 0 spiro atoms. The van der Waals surface area contributed by atoms with Gasteiger partial charge in [-0.15, -0.1) is 0 Å². The van der Waals surface area contributed by atoms with Gasteiger partial charge in [0.25, 0.3) is 0 Å². The van der Waals surface area contributed by atoms with Gasteiger partial charge in [0, 0.05) is 11.6 Å². The minimum atomic E-state index is -1.05. The van der Waals surface area contributed by atoms with Crippen molar-refractivity contribution in [1.29, 1.82) is 0 Å². The van der Waals surface area contributed by atoms with Crippen molar-refractivity contribution in [2.45, 2.75) is 6.92 Å². The van der Waals surface area contributed by atoms with Crippen LogP contribution in [0.1, 0.15) is 15.9 Å². The Morgan fingerprint density at radius 2 is 1.95 bits per heavy atom. The number of fused-ring (bicyclic) bond motifs is 1. The maximum atomic E-state index is 11.3. The molecule has 21 heavy (non-hydrogen) atoms. The number of ether oxygens (including phenoxy) is 1. The van der Waals surface area contributed by atoms with Crippen LogP contribution in [0.4, 0.5) is 0 Å². The fourth-order valence-corrected chi connectivity index (χ4v) is 2.05. The highest BCUT2D eigenvalue weighted by molar-refractivity contribution is 5.91. The molecule has 5 heteroatoms. The molecule has 0 saturated heterocycles. The van der Waals surface area contributed by atoms with Crippen molar-refractivity contribution in [2.24, 2.45) is 0 Å². The molecule has 1 heterocycles. The second-order valence-corrected chi connectivity index (χ2v) is 4.57. The van der Waals surface area contributed by atoms with Gasteiger partial charge < -0.3 is 9.84 Å². The molecule has 0 radical (unpaired) electrons. The van der Waals surface area contributed by atoms with E-state index >= 15 is 0 Å². The second-order valence-electron chi connectivity index (χ2n) is 4.57. The number of rotatable bonds is 3. The van der Waals surface area contributed by atoms with Crippen molar-refractivity contribution >= 4 is 16.9 Å². The van der Waals surface area contributed by atoms with E-state index < -0.39 is 5.97 Å². The lowest BCUT2D eigenvalue weighted by Gasteiger charge is -2.10. The van der Waals surface area contributed by atoms with Crippen molar-refractivity contribution in [2.75, 3.05) is 0 Å². The maximum absolute atomic E-state index is 11.3. The molecule has 0 amide bonds. The number of benzene rings is 2. The molecule has 104 valence electrons. The predicted octanol–water partition coefficient (Wildman–Crippen LogP) is 3.43. The number of nitrogens with zero attached hydrogens (tertiary/aromatic N) is 2. The van der Waals surface area contributed by atoms with E-state index in [1.165, 1.54) is 6.07 Å². The highest BCUT2D eigenvalue weighted by Crippen LogP contribution is 2.27. The summed E-state index contributed by atoms with van der Waals surface area (Å²) in [6.07, 6.45) is 1.65. The molecule has 1 aromatic heterocycles. The minimum Gasteiger partial charge on any atom is -0.478 e. The first-order chi connectivity index (χ1) is 10.1. The van der Waals surface area contributed by atoms with Gasteiger partial charge in [0.1, 0.15) is 11.3 Å². The summed E-state index contributed by atoms with van der Waals surface area (Å²) in [5, 5.41) is 10.1. The third-order valence-electron chi connectivity index (χ3n) is 3.10. The van der Waals surface area contributed by atoms with Gasteiger partial charge in [-0.05, 0) is 24.6 Å². The van der Waals surface area contributed by atoms with Gasteiger partial charge in [-0.2, -0.15) is 4.98 Å². The molecule has 1 N–H and O–H groups in total. The summed E-state index contributed by atoms with van der Waals surface area (Å²) in [6, 6.07) is 12.6. The Kier molecular flexibility index (Phi) is 3.23. The molecule has 0 saturated carbocycles. The third-order valence-corrected chi connectivity index (χ3v) is 3.10. The smallest absolute Gasteiger partial charge is 0.339 e. The zero-order chi connectivity index (χ0) is 14.8. The number of hydrogen-bond acceptors (Lipinski definition) is 4. The van der Waals surface area contributed by atoms with Crippen LogP contribution in [0.15, 0.2) is 48.7 Å². The van der Waals surface area contributed by atoms with Gasteiger partial charge in [-0.3, -0.25) is 0 Å². The Bertz CT molecular complexity index is 831. The fraction of sp³-hybridized carbons (Fsp3) is 0.0625. The summed E-state index contributed by atoms with van der Waals surface area (Å²) in [5.41, 5.74) is 1.55. The summed E-state index contributed by atoms with van der Waals surface area (Å²) in [7, 11) is 0. The van der Waals surface area contributed by atoms with E-state index in [0.29, 0.717) is 5.56 Å². The van der Waals surface area contributed by atoms with Crippen LogP contribution in [-0.2, 0) is 0 Å². The lowest BCUT2D eigenvalue weighted by atomic mass is 10.1. The summed E-state index contributed by atoms with van der Waals surface area (Å²) in [6.45, 7) is 1.78. The van der Waals surface area contributed by atoms with Gasteiger partial charge in [-0.1, -0.05) is 30.3 Å². The lowest BCUT2D eigenvalue weighted by molar-refractivity contribution is 0.0694. The molecule has 0 fully saturated rings. The molecule has 2 aromatic carbocycles. The van der Waals surface area contributed by atoms with Crippen LogP contribution in [0.5, 0.6) is 11.8 Å². The normalized spacial score (nSPS) is 10.5. The molecule has 0 unspecified atom stereocenters. The molecule has 5 nitrogen and oxygen atoms in total. The van der Waals surface area contributed by atoms with Crippen LogP contribution in [0, 0.1) is 6.92 Å². The van der Waals surface area contributed by atoms with Crippen molar-refractivity contribution in [3.05, 3.63) is 59.8 Å². The maximum Gasteiger partial charge on any atom is 0.339 e. The predicted molar refractivity (Wildman–Crippen MR) is 77.8 cm³/mol. The van der Waals surface area contributed by atoms with E-state index in [1.54, 1.807) is 25.3 Å². The molecule has 3 aromatic rings. The molecule has 3 rings (SSSR count). The van der Waals surface area contributed by atoms with Crippen LogP contribution in [0.3, 0.4) is 0 Å². The van der Waals surface area contributed by atoms with Crippen LogP contribution in [0.25, 0.3) is 10.9 Å². The average molecular weight is 280 g/mol. The van der Waals surface area contributed by atoms with Crippen LogP contribution in [-0.4, -0.2) is 21.0 Å². The van der Waals surface area contributed by atoms with Gasteiger partial charge >= 0.3 is 12.0 Å². The highest BCUT2D eigenvalue weighted by atomic mass is 16.5. The van der Waals surface area contributed by atoms with Crippen molar-refractivity contribution < 1.29 is 14.6 Å². The first kappa shape index (κ1) is 13.1. The Hall–Kier alpha value is -2.95. The second kappa shape index (κ2) is 5.20. The number of carboxylic acids is 1. The Morgan fingerprint density at radius 3 is 2.76 bits per heavy atom. The minimum absolute atomic E-state index is 0.0896. The molecule has 0 aliphatic carbocycles. The first-order valence-electron chi connectivity index (χ1n) is 6.38. The van der Waals surface area contributed by atoms with E-state index in [9.17, 15) is 9.90 Å². The number of aromatic carboxylic acids is 1. The summed E-state index contributed by atoms with van der Waals surface area (Å²) < 4.78 is 5.61. The number of hydrogen-bond donors (Lipinski definition) is 1. The van der Waals surface area contributed by atoms with Crippen LogP contribution >= 0.6 is 0 Å². The number of carbonyl (C=O) groups is 1. The largest absolute Gasteiger partial charge is 0.478 e. The number of aryl methyl sites for hydroxylation is 1. The molecule has 0 atom stereocenters. The van der Waals surface area contributed by atoms with E-state index in [1.807, 2.05) is 24.3 Å². The standard InChI is InChI=1S/C16H12N2O3/c1-10-5-4-7-12(15(19)20)14(10)21-16-17-9-11-6-2-3-8-13(11)18-16/h2-9H,1H3,(H,19,20). The summed E-state index contributed by atoms with van der Waals surface area (Å²) in [4.78, 5) is 19.7. The number of aromatic nitrogens is 2. The van der Waals surface area contributed by atoms with Gasteiger partial charge in [0.05, 0.1) is 5.52 Å². The van der Waals surface area contributed by atoms with E-state index in [2.05, 4.69) is 9.97 Å². The monoisotopic (exact) mass is 280 g/mol. The Labute approximate surface area is 120 Å². The SMILES string of the molecule is Cc1cccc(C(=O)O)c1Oc1ncc2ccccc2n1.